The SMILES string of the molecule is CC(C)Oc1ccc([C@@H]2CCCCn3ncnc32)cc1. The molecule has 0 amide bonds. The Morgan fingerprint density at radius 3 is 2.75 bits per heavy atom. The fourth-order valence-corrected chi connectivity index (χ4v) is 2.82. The van der Waals surface area contributed by atoms with E-state index in [0.717, 1.165) is 24.5 Å². The van der Waals surface area contributed by atoms with Crippen LogP contribution in [0.5, 0.6) is 5.75 Å². The van der Waals surface area contributed by atoms with Crippen molar-refractivity contribution in [3.63, 3.8) is 0 Å². The van der Waals surface area contributed by atoms with Crippen LogP contribution in [0.1, 0.15) is 50.4 Å². The molecule has 1 aromatic heterocycles. The third-order valence-corrected chi connectivity index (χ3v) is 3.72. The third kappa shape index (κ3) is 2.69. The van der Waals surface area contributed by atoms with E-state index < -0.39 is 0 Å². The minimum Gasteiger partial charge on any atom is -0.491 e. The summed E-state index contributed by atoms with van der Waals surface area (Å²) in [6.07, 6.45) is 5.43. The zero-order chi connectivity index (χ0) is 13.9. The zero-order valence-electron chi connectivity index (χ0n) is 12.1. The van der Waals surface area contributed by atoms with Crippen molar-refractivity contribution in [2.24, 2.45) is 0 Å². The monoisotopic (exact) mass is 271 g/mol. The molecule has 1 aromatic carbocycles. The molecule has 1 aliphatic heterocycles. The molecule has 0 aliphatic carbocycles. The summed E-state index contributed by atoms with van der Waals surface area (Å²) >= 11 is 0. The van der Waals surface area contributed by atoms with Crippen molar-refractivity contribution in [2.45, 2.75) is 51.7 Å². The second-order valence-corrected chi connectivity index (χ2v) is 5.63. The Morgan fingerprint density at radius 1 is 1.20 bits per heavy atom. The maximum Gasteiger partial charge on any atom is 0.138 e. The molecule has 0 spiro atoms. The maximum atomic E-state index is 5.70. The van der Waals surface area contributed by atoms with Gasteiger partial charge in [-0.3, -0.25) is 0 Å². The van der Waals surface area contributed by atoms with Crippen molar-refractivity contribution in [2.75, 3.05) is 0 Å². The predicted octanol–water partition coefficient (Wildman–Crippen LogP) is 3.38. The van der Waals surface area contributed by atoms with Crippen LogP contribution in [0.2, 0.25) is 0 Å². The molecule has 106 valence electrons. The molecular weight excluding hydrogens is 250 g/mol. The van der Waals surface area contributed by atoms with Gasteiger partial charge in [0.15, 0.2) is 0 Å². The molecule has 0 bridgehead atoms. The summed E-state index contributed by atoms with van der Waals surface area (Å²) < 4.78 is 7.75. The van der Waals surface area contributed by atoms with E-state index >= 15 is 0 Å². The van der Waals surface area contributed by atoms with E-state index in [-0.39, 0.29) is 6.10 Å². The van der Waals surface area contributed by atoms with Gasteiger partial charge in [-0.2, -0.15) is 5.10 Å². The highest BCUT2D eigenvalue weighted by Crippen LogP contribution is 2.31. The molecule has 4 heteroatoms. The van der Waals surface area contributed by atoms with Gasteiger partial charge in [-0.25, -0.2) is 9.67 Å². The number of ether oxygens (including phenoxy) is 1. The number of aromatic nitrogens is 3. The summed E-state index contributed by atoms with van der Waals surface area (Å²) in [6, 6.07) is 8.43. The molecule has 0 radical (unpaired) electrons. The van der Waals surface area contributed by atoms with Crippen LogP contribution in [0, 0.1) is 0 Å². The molecule has 3 rings (SSSR count). The van der Waals surface area contributed by atoms with Gasteiger partial charge in [0.2, 0.25) is 0 Å². The van der Waals surface area contributed by atoms with Gasteiger partial charge < -0.3 is 4.74 Å². The van der Waals surface area contributed by atoms with Gasteiger partial charge >= 0.3 is 0 Å². The second-order valence-electron chi connectivity index (χ2n) is 5.63. The molecule has 0 N–H and O–H groups in total. The Bertz CT molecular complexity index is 559. The van der Waals surface area contributed by atoms with Crippen molar-refractivity contribution in [1.29, 1.82) is 0 Å². The minimum atomic E-state index is 0.210. The molecule has 0 unspecified atom stereocenters. The van der Waals surface area contributed by atoms with Crippen LogP contribution < -0.4 is 4.74 Å². The largest absolute Gasteiger partial charge is 0.491 e. The first-order valence-corrected chi connectivity index (χ1v) is 7.38. The van der Waals surface area contributed by atoms with Gasteiger partial charge in [-0.15, -0.1) is 0 Å². The van der Waals surface area contributed by atoms with E-state index in [0.29, 0.717) is 5.92 Å². The summed E-state index contributed by atoms with van der Waals surface area (Å²) in [6.45, 7) is 5.07. The second kappa shape index (κ2) is 5.65. The highest BCUT2D eigenvalue weighted by Gasteiger charge is 2.22. The molecule has 4 nitrogen and oxygen atoms in total. The van der Waals surface area contributed by atoms with Crippen LogP contribution in [0.3, 0.4) is 0 Å². The quantitative estimate of drug-likeness (QED) is 0.859. The summed E-state index contributed by atoms with van der Waals surface area (Å²) in [4.78, 5) is 4.47. The predicted molar refractivity (Wildman–Crippen MR) is 77.9 cm³/mol. The fraction of sp³-hybridized carbons (Fsp3) is 0.500. The van der Waals surface area contributed by atoms with E-state index in [9.17, 15) is 0 Å². The van der Waals surface area contributed by atoms with Crippen molar-refractivity contribution >= 4 is 0 Å². The van der Waals surface area contributed by atoms with Crippen molar-refractivity contribution < 1.29 is 4.74 Å². The number of nitrogens with zero attached hydrogens (tertiary/aromatic N) is 3. The Morgan fingerprint density at radius 2 is 2.00 bits per heavy atom. The lowest BCUT2D eigenvalue weighted by Gasteiger charge is -2.15. The van der Waals surface area contributed by atoms with Crippen LogP contribution in [0.4, 0.5) is 0 Å². The molecule has 0 saturated heterocycles. The normalized spacial score (nSPS) is 18.6. The zero-order valence-corrected chi connectivity index (χ0v) is 12.1. The average molecular weight is 271 g/mol. The smallest absolute Gasteiger partial charge is 0.138 e. The lowest BCUT2D eigenvalue weighted by atomic mass is 9.93. The van der Waals surface area contributed by atoms with Gasteiger partial charge in [-0.1, -0.05) is 18.6 Å². The van der Waals surface area contributed by atoms with Crippen LogP contribution in [-0.2, 0) is 6.54 Å². The van der Waals surface area contributed by atoms with Gasteiger partial charge in [0.05, 0.1) is 6.10 Å². The third-order valence-electron chi connectivity index (χ3n) is 3.72. The van der Waals surface area contributed by atoms with Gasteiger partial charge in [0, 0.05) is 12.5 Å². The first-order valence-electron chi connectivity index (χ1n) is 7.38. The Balaban J connectivity index is 1.86. The van der Waals surface area contributed by atoms with Crippen LogP contribution in [0.15, 0.2) is 30.6 Å². The van der Waals surface area contributed by atoms with Crippen molar-refractivity contribution in [3.8, 4) is 5.75 Å². The molecule has 2 aromatic rings. The molecular formula is C16H21N3O. The van der Waals surface area contributed by atoms with Crippen molar-refractivity contribution in [3.05, 3.63) is 42.0 Å². The number of hydrogen-bond acceptors (Lipinski definition) is 3. The molecule has 0 fully saturated rings. The van der Waals surface area contributed by atoms with Gasteiger partial charge in [0.25, 0.3) is 0 Å². The molecule has 0 saturated carbocycles. The Kier molecular flexibility index (Phi) is 3.72. The Hall–Kier alpha value is -1.84. The number of hydrogen-bond donors (Lipinski definition) is 0. The number of fused-ring (bicyclic) bond motifs is 1. The highest BCUT2D eigenvalue weighted by atomic mass is 16.5. The molecule has 20 heavy (non-hydrogen) atoms. The number of benzene rings is 1. The number of aryl methyl sites for hydroxylation is 1. The lowest BCUT2D eigenvalue weighted by Crippen LogP contribution is -2.09. The highest BCUT2D eigenvalue weighted by molar-refractivity contribution is 5.32. The molecule has 1 aliphatic rings. The van der Waals surface area contributed by atoms with Crippen LogP contribution in [-0.4, -0.2) is 20.9 Å². The summed E-state index contributed by atoms with van der Waals surface area (Å²) in [5, 5.41) is 4.33. The first-order chi connectivity index (χ1) is 9.74. The first kappa shape index (κ1) is 13.2. The number of rotatable bonds is 3. The minimum absolute atomic E-state index is 0.210. The van der Waals surface area contributed by atoms with E-state index in [1.807, 2.05) is 13.8 Å². The Labute approximate surface area is 119 Å². The maximum absolute atomic E-state index is 5.70. The van der Waals surface area contributed by atoms with E-state index in [1.165, 1.54) is 18.4 Å². The summed E-state index contributed by atoms with van der Waals surface area (Å²) in [7, 11) is 0. The van der Waals surface area contributed by atoms with E-state index in [4.69, 9.17) is 4.74 Å². The van der Waals surface area contributed by atoms with Crippen molar-refractivity contribution in [1.82, 2.24) is 14.8 Å². The standard InChI is InChI=1S/C16H21N3O/c1-12(2)20-14-8-6-13(7-9-14)15-5-3-4-10-19-16(15)17-11-18-19/h6-9,11-12,15H,3-5,10H2,1-2H3/t15-/m0/s1. The van der Waals surface area contributed by atoms with Gasteiger partial charge in [-0.05, 0) is 44.4 Å². The van der Waals surface area contributed by atoms with Gasteiger partial charge in [0.1, 0.15) is 17.9 Å². The summed E-state index contributed by atoms with van der Waals surface area (Å²) in [5.41, 5.74) is 1.30. The fourth-order valence-electron chi connectivity index (χ4n) is 2.82. The van der Waals surface area contributed by atoms with E-state index in [2.05, 4.69) is 39.0 Å². The van der Waals surface area contributed by atoms with Crippen LogP contribution >= 0.6 is 0 Å². The van der Waals surface area contributed by atoms with E-state index in [1.54, 1.807) is 6.33 Å². The topological polar surface area (TPSA) is 39.9 Å². The molecule has 2 heterocycles. The lowest BCUT2D eigenvalue weighted by molar-refractivity contribution is 0.242. The summed E-state index contributed by atoms with van der Waals surface area (Å²) in [5.74, 6) is 2.38. The molecule has 1 atom stereocenters. The average Bonchev–Trinajstić information content (AvgIpc) is 2.79. The van der Waals surface area contributed by atoms with Crippen LogP contribution in [0.25, 0.3) is 0 Å².